The van der Waals surface area contributed by atoms with E-state index in [9.17, 15) is 4.79 Å². The summed E-state index contributed by atoms with van der Waals surface area (Å²) in [6, 6.07) is 8.18. The number of esters is 1. The summed E-state index contributed by atoms with van der Waals surface area (Å²) < 4.78 is 5.18. The lowest BCUT2D eigenvalue weighted by Gasteiger charge is -2.42. The van der Waals surface area contributed by atoms with E-state index in [1.807, 2.05) is 11.8 Å². The fourth-order valence-electron chi connectivity index (χ4n) is 4.15. The van der Waals surface area contributed by atoms with E-state index in [2.05, 4.69) is 68.8 Å². The number of aromatic nitrogens is 2. The zero-order valence-electron chi connectivity index (χ0n) is 18.8. The van der Waals surface area contributed by atoms with Gasteiger partial charge in [0.25, 0.3) is 0 Å². The Morgan fingerprint density at radius 2 is 1.90 bits per heavy atom. The highest BCUT2D eigenvalue weighted by molar-refractivity contribution is 8.00. The van der Waals surface area contributed by atoms with Gasteiger partial charge in [0.1, 0.15) is 5.69 Å². The van der Waals surface area contributed by atoms with Crippen LogP contribution in [0.5, 0.6) is 0 Å². The van der Waals surface area contributed by atoms with Gasteiger partial charge >= 0.3 is 5.97 Å². The predicted molar refractivity (Wildman–Crippen MR) is 122 cm³/mol. The molecule has 1 aliphatic heterocycles. The topological polar surface area (TPSA) is 52.1 Å². The molecule has 3 rings (SSSR count). The first-order valence-corrected chi connectivity index (χ1v) is 11.3. The molecule has 1 aromatic heterocycles. The molecular weight excluding hydrogens is 392 g/mol. The van der Waals surface area contributed by atoms with Crippen molar-refractivity contribution in [1.29, 1.82) is 0 Å². The summed E-state index contributed by atoms with van der Waals surface area (Å²) in [6.07, 6.45) is 2.19. The third-order valence-corrected chi connectivity index (χ3v) is 6.50. The van der Waals surface area contributed by atoms with Gasteiger partial charge in [0.15, 0.2) is 0 Å². The van der Waals surface area contributed by atoms with Crippen LogP contribution in [0.15, 0.2) is 29.2 Å². The zero-order valence-corrected chi connectivity index (χ0v) is 19.6. The molecule has 0 spiro atoms. The predicted octanol–water partition coefficient (Wildman–Crippen LogP) is 5.10. The van der Waals surface area contributed by atoms with Crippen molar-refractivity contribution in [1.82, 2.24) is 10.2 Å². The van der Waals surface area contributed by atoms with Crippen molar-refractivity contribution < 1.29 is 9.53 Å². The number of hydrogen-bond donors (Lipinski definition) is 0. The zero-order chi connectivity index (χ0) is 21.9. The van der Waals surface area contributed by atoms with Crippen molar-refractivity contribution >= 4 is 17.7 Å². The van der Waals surface area contributed by atoms with Gasteiger partial charge < -0.3 is 4.74 Å². The van der Waals surface area contributed by atoms with Crippen molar-refractivity contribution in [3.8, 4) is 11.8 Å². The van der Waals surface area contributed by atoms with Crippen LogP contribution < -0.4 is 0 Å². The van der Waals surface area contributed by atoms with E-state index in [0.717, 1.165) is 18.4 Å². The minimum absolute atomic E-state index is 0.112. The molecule has 0 saturated carbocycles. The Kier molecular flexibility index (Phi) is 6.57. The number of aryl methyl sites for hydroxylation is 1. The molecule has 0 N–H and O–H groups in total. The average Bonchev–Trinajstić information content (AvgIpc) is 2.65. The first kappa shape index (κ1) is 22.4. The number of ether oxygens (including phenoxy) is 1. The molecule has 0 amide bonds. The van der Waals surface area contributed by atoms with Crippen molar-refractivity contribution in [3.63, 3.8) is 0 Å². The quantitative estimate of drug-likeness (QED) is 0.507. The number of carbonyl (C=O) groups is 1. The molecule has 1 aromatic carbocycles. The minimum atomic E-state index is -0.295. The van der Waals surface area contributed by atoms with Crippen molar-refractivity contribution in [2.75, 3.05) is 6.61 Å². The fourth-order valence-corrected chi connectivity index (χ4v) is 5.82. The summed E-state index contributed by atoms with van der Waals surface area (Å²) in [6.45, 7) is 13.6. The number of thioether (sulfide) groups is 1. The lowest BCUT2D eigenvalue weighted by molar-refractivity contribution is -0.142. The second-order valence-electron chi connectivity index (χ2n) is 8.92. The van der Waals surface area contributed by atoms with Gasteiger partial charge in [0.05, 0.1) is 18.7 Å². The fraction of sp³-hybridized carbons (Fsp3) is 0.480. The van der Waals surface area contributed by atoms with E-state index in [0.29, 0.717) is 18.0 Å². The minimum Gasteiger partial charge on any atom is -0.466 e. The van der Waals surface area contributed by atoms with E-state index in [-0.39, 0.29) is 22.6 Å². The normalized spacial score (nSPS) is 16.2. The molecule has 0 radical (unpaired) electrons. The molecule has 4 nitrogen and oxygen atoms in total. The van der Waals surface area contributed by atoms with Crippen molar-refractivity contribution in [3.05, 3.63) is 52.3 Å². The summed E-state index contributed by atoms with van der Waals surface area (Å²) in [4.78, 5) is 12.9. The standard InChI is InChI=1S/C25H30N2O2S/c1-7-17-14-22-21(24(3,4)16-25(5,6)30-22)13-18(17)9-10-19-11-12-20(27-26-19)15-23(28)29-8-2/h11-14H,7-8,15-16H2,1-6H3. The molecule has 0 unspecified atom stereocenters. The number of hydrogen-bond acceptors (Lipinski definition) is 5. The molecule has 0 fully saturated rings. The largest absolute Gasteiger partial charge is 0.466 e. The Bertz CT molecular complexity index is 998. The Morgan fingerprint density at radius 3 is 2.53 bits per heavy atom. The Hall–Kier alpha value is -2.32. The monoisotopic (exact) mass is 422 g/mol. The summed E-state index contributed by atoms with van der Waals surface area (Å²) in [7, 11) is 0. The van der Waals surface area contributed by atoms with Crippen LogP contribution in [0.2, 0.25) is 0 Å². The van der Waals surface area contributed by atoms with Gasteiger partial charge in [-0.1, -0.05) is 40.5 Å². The van der Waals surface area contributed by atoms with Gasteiger partial charge in [-0.25, -0.2) is 0 Å². The second-order valence-corrected chi connectivity index (χ2v) is 10.7. The third-order valence-electron chi connectivity index (χ3n) is 5.25. The maximum atomic E-state index is 11.6. The van der Waals surface area contributed by atoms with Crippen LogP contribution >= 0.6 is 11.8 Å². The Morgan fingerprint density at radius 1 is 1.13 bits per heavy atom. The van der Waals surface area contributed by atoms with Crippen LogP contribution in [0.3, 0.4) is 0 Å². The third kappa shape index (κ3) is 5.23. The van der Waals surface area contributed by atoms with E-state index >= 15 is 0 Å². The van der Waals surface area contributed by atoms with Gasteiger partial charge in [0.2, 0.25) is 0 Å². The summed E-state index contributed by atoms with van der Waals surface area (Å²) >= 11 is 1.97. The van der Waals surface area contributed by atoms with E-state index in [1.54, 1.807) is 19.1 Å². The number of nitrogens with zero attached hydrogens (tertiary/aromatic N) is 2. The molecule has 2 aromatic rings. The summed E-state index contributed by atoms with van der Waals surface area (Å²) in [5, 5.41) is 8.27. The molecule has 158 valence electrons. The molecule has 1 aliphatic rings. The van der Waals surface area contributed by atoms with Crippen LogP contribution in [-0.2, 0) is 27.8 Å². The lowest BCUT2D eigenvalue weighted by atomic mass is 9.76. The lowest BCUT2D eigenvalue weighted by Crippen LogP contribution is -2.33. The first-order chi connectivity index (χ1) is 14.1. The van der Waals surface area contributed by atoms with Crippen LogP contribution in [0.25, 0.3) is 0 Å². The van der Waals surface area contributed by atoms with Crippen molar-refractivity contribution in [2.45, 2.75) is 75.9 Å². The summed E-state index contributed by atoms with van der Waals surface area (Å²) in [5.41, 5.74) is 4.99. The Labute approximate surface area is 184 Å². The highest BCUT2D eigenvalue weighted by Gasteiger charge is 2.38. The summed E-state index contributed by atoms with van der Waals surface area (Å²) in [5.74, 6) is 6.17. The molecule has 5 heteroatoms. The van der Waals surface area contributed by atoms with Crippen LogP contribution in [0.1, 0.15) is 76.0 Å². The van der Waals surface area contributed by atoms with Crippen molar-refractivity contribution in [2.24, 2.45) is 0 Å². The highest BCUT2D eigenvalue weighted by atomic mass is 32.2. The van der Waals surface area contributed by atoms with Gasteiger partial charge in [-0.15, -0.1) is 16.9 Å². The van der Waals surface area contributed by atoms with Crippen LogP contribution in [0, 0.1) is 11.8 Å². The molecule has 0 atom stereocenters. The van der Waals surface area contributed by atoms with Gasteiger partial charge in [-0.2, -0.15) is 5.10 Å². The number of rotatable bonds is 4. The maximum Gasteiger partial charge on any atom is 0.311 e. The molecule has 2 heterocycles. The first-order valence-electron chi connectivity index (χ1n) is 10.5. The smallest absolute Gasteiger partial charge is 0.311 e. The van der Waals surface area contributed by atoms with Crippen LogP contribution in [-0.4, -0.2) is 27.5 Å². The maximum absolute atomic E-state index is 11.6. The van der Waals surface area contributed by atoms with Gasteiger partial charge in [-0.05, 0) is 66.5 Å². The molecule has 30 heavy (non-hydrogen) atoms. The van der Waals surface area contributed by atoms with Gasteiger partial charge in [0, 0.05) is 15.2 Å². The Balaban J connectivity index is 1.88. The second kappa shape index (κ2) is 8.81. The molecular formula is C25H30N2O2S. The highest BCUT2D eigenvalue weighted by Crippen LogP contribution is 2.51. The number of fused-ring (bicyclic) bond motifs is 1. The molecule has 0 aliphatic carbocycles. The molecule has 0 bridgehead atoms. The van der Waals surface area contributed by atoms with E-state index in [4.69, 9.17) is 4.74 Å². The SMILES string of the molecule is CCOC(=O)Cc1ccc(C#Cc2cc3c(cc2CC)SC(C)(C)CC3(C)C)nn1. The average molecular weight is 423 g/mol. The number of carbonyl (C=O) groups excluding carboxylic acids is 1. The van der Waals surface area contributed by atoms with E-state index in [1.165, 1.54) is 16.0 Å². The van der Waals surface area contributed by atoms with Gasteiger partial charge in [-0.3, -0.25) is 4.79 Å². The van der Waals surface area contributed by atoms with Crippen LogP contribution in [0.4, 0.5) is 0 Å². The molecule has 0 saturated heterocycles. The van der Waals surface area contributed by atoms with E-state index < -0.39 is 0 Å². The number of benzene rings is 1.